The molecule has 0 radical (unpaired) electrons. The molecule has 0 spiro atoms. The predicted molar refractivity (Wildman–Crippen MR) is 79.2 cm³/mol. The fraction of sp³-hybridized carbons (Fsp3) is 0.571. The molecular formula is C14H22ClN3O. The van der Waals surface area contributed by atoms with E-state index >= 15 is 0 Å². The van der Waals surface area contributed by atoms with Gasteiger partial charge >= 0.3 is 0 Å². The lowest BCUT2D eigenvalue weighted by molar-refractivity contribution is -0.120. The molecule has 0 aliphatic carbocycles. The molecule has 19 heavy (non-hydrogen) atoms. The number of amides is 1. The average molecular weight is 284 g/mol. The van der Waals surface area contributed by atoms with Crippen molar-refractivity contribution in [2.75, 3.05) is 11.9 Å². The zero-order chi connectivity index (χ0) is 14.6. The number of hydrogen-bond donors (Lipinski definition) is 2. The maximum absolute atomic E-state index is 12.2. The molecule has 0 aliphatic heterocycles. The molecular weight excluding hydrogens is 262 g/mol. The van der Waals surface area contributed by atoms with Crippen LogP contribution in [-0.4, -0.2) is 17.4 Å². The first-order valence-corrected chi connectivity index (χ1v) is 6.74. The van der Waals surface area contributed by atoms with Crippen LogP contribution in [0.25, 0.3) is 0 Å². The maximum atomic E-state index is 12.2. The van der Waals surface area contributed by atoms with Crippen LogP contribution in [0.5, 0.6) is 0 Å². The highest BCUT2D eigenvalue weighted by molar-refractivity contribution is 6.32. The Bertz CT molecular complexity index is 454. The van der Waals surface area contributed by atoms with Gasteiger partial charge in [0.2, 0.25) is 5.91 Å². The number of hydrogen-bond acceptors (Lipinski definition) is 3. The Labute approximate surface area is 119 Å². The third kappa shape index (κ3) is 5.17. The zero-order valence-electron chi connectivity index (χ0n) is 12.0. The first kappa shape index (κ1) is 15.9. The number of nitrogens with zero attached hydrogens (tertiary/aromatic N) is 1. The molecule has 106 valence electrons. The Morgan fingerprint density at radius 1 is 1.53 bits per heavy atom. The van der Waals surface area contributed by atoms with Gasteiger partial charge in [-0.3, -0.25) is 4.79 Å². The zero-order valence-corrected chi connectivity index (χ0v) is 12.7. The Balaban J connectivity index is 2.80. The molecule has 3 N–H and O–H groups in total. The van der Waals surface area contributed by atoms with Crippen molar-refractivity contribution in [2.24, 2.45) is 17.1 Å². The Kier molecular flexibility index (Phi) is 5.32. The third-order valence-corrected chi connectivity index (χ3v) is 3.05. The van der Waals surface area contributed by atoms with Crippen molar-refractivity contribution in [2.45, 2.75) is 34.1 Å². The van der Waals surface area contributed by atoms with Gasteiger partial charge in [-0.1, -0.05) is 32.4 Å². The summed E-state index contributed by atoms with van der Waals surface area (Å²) in [5.74, 6) is -0.330. The number of pyridine rings is 1. The summed E-state index contributed by atoms with van der Waals surface area (Å²) in [6, 6.07) is 1.80. The second kappa shape index (κ2) is 6.35. The molecule has 1 atom stereocenters. The summed E-state index contributed by atoms with van der Waals surface area (Å²) < 4.78 is 0. The van der Waals surface area contributed by atoms with Crippen LogP contribution >= 0.6 is 11.6 Å². The van der Waals surface area contributed by atoms with Crippen molar-refractivity contribution >= 4 is 23.2 Å². The number of aryl methyl sites for hydroxylation is 1. The van der Waals surface area contributed by atoms with Crippen LogP contribution in [0, 0.1) is 18.3 Å². The van der Waals surface area contributed by atoms with E-state index in [2.05, 4.69) is 31.1 Å². The molecule has 4 nitrogen and oxygen atoms in total. The summed E-state index contributed by atoms with van der Waals surface area (Å²) in [7, 11) is 0. The number of carbonyl (C=O) groups excluding carboxylic acids is 1. The average Bonchev–Trinajstić information content (AvgIpc) is 2.29. The molecule has 1 heterocycles. The summed E-state index contributed by atoms with van der Waals surface area (Å²) in [4.78, 5) is 16.2. The van der Waals surface area contributed by atoms with Crippen LogP contribution in [-0.2, 0) is 4.79 Å². The van der Waals surface area contributed by atoms with Crippen LogP contribution in [0.3, 0.4) is 0 Å². The molecule has 1 rings (SSSR count). The van der Waals surface area contributed by atoms with Crippen LogP contribution in [0.1, 0.15) is 32.8 Å². The van der Waals surface area contributed by atoms with Crippen LogP contribution < -0.4 is 11.1 Å². The third-order valence-electron chi connectivity index (χ3n) is 2.75. The highest BCUT2D eigenvalue weighted by Gasteiger charge is 2.24. The molecule has 1 aromatic heterocycles. The van der Waals surface area contributed by atoms with E-state index in [-0.39, 0.29) is 17.2 Å². The SMILES string of the molecule is Cc1cnc(Cl)c(NC(=O)C(CN)CC(C)(C)C)c1. The maximum Gasteiger partial charge on any atom is 0.228 e. The van der Waals surface area contributed by atoms with E-state index in [1.54, 1.807) is 12.3 Å². The van der Waals surface area contributed by atoms with Gasteiger partial charge in [-0.25, -0.2) is 4.98 Å². The highest BCUT2D eigenvalue weighted by Crippen LogP contribution is 2.26. The van der Waals surface area contributed by atoms with Gasteiger partial charge in [0.15, 0.2) is 5.15 Å². The fourth-order valence-electron chi connectivity index (χ4n) is 1.90. The van der Waals surface area contributed by atoms with E-state index in [9.17, 15) is 4.79 Å². The summed E-state index contributed by atoms with van der Waals surface area (Å²) in [6.07, 6.45) is 2.39. The molecule has 0 aromatic carbocycles. The van der Waals surface area contributed by atoms with Crippen molar-refractivity contribution in [1.29, 1.82) is 0 Å². The number of aromatic nitrogens is 1. The first-order valence-electron chi connectivity index (χ1n) is 6.36. The van der Waals surface area contributed by atoms with E-state index in [1.165, 1.54) is 0 Å². The monoisotopic (exact) mass is 283 g/mol. The van der Waals surface area contributed by atoms with Gasteiger partial charge in [-0.15, -0.1) is 0 Å². The molecule has 0 saturated carbocycles. The van der Waals surface area contributed by atoms with Crippen LogP contribution in [0.15, 0.2) is 12.3 Å². The number of carbonyl (C=O) groups is 1. The lowest BCUT2D eigenvalue weighted by Gasteiger charge is -2.24. The number of nitrogens with two attached hydrogens (primary N) is 1. The van der Waals surface area contributed by atoms with Gasteiger partial charge in [0.1, 0.15) is 0 Å². The van der Waals surface area contributed by atoms with Gasteiger partial charge in [0.25, 0.3) is 0 Å². The van der Waals surface area contributed by atoms with Crippen LogP contribution in [0.2, 0.25) is 5.15 Å². The number of rotatable bonds is 4. The molecule has 0 saturated heterocycles. The Morgan fingerprint density at radius 2 is 2.16 bits per heavy atom. The lowest BCUT2D eigenvalue weighted by atomic mass is 9.84. The molecule has 1 amide bonds. The fourth-order valence-corrected chi connectivity index (χ4v) is 2.05. The van der Waals surface area contributed by atoms with Crippen molar-refractivity contribution in [3.05, 3.63) is 23.0 Å². The Morgan fingerprint density at radius 3 is 2.68 bits per heavy atom. The quantitative estimate of drug-likeness (QED) is 0.835. The number of halogens is 1. The molecule has 0 aliphatic rings. The highest BCUT2D eigenvalue weighted by atomic mass is 35.5. The van der Waals surface area contributed by atoms with Gasteiger partial charge in [0, 0.05) is 12.7 Å². The topological polar surface area (TPSA) is 68.0 Å². The second-order valence-electron chi connectivity index (χ2n) is 6.04. The molecule has 0 bridgehead atoms. The van der Waals surface area contributed by atoms with Gasteiger partial charge in [-0.2, -0.15) is 0 Å². The molecule has 1 aromatic rings. The van der Waals surface area contributed by atoms with Crippen molar-refractivity contribution in [1.82, 2.24) is 4.98 Å². The van der Waals surface area contributed by atoms with Gasteiger partial charge in [0.05, 0.1) is 11.6 Å². The summed E-state index contributed by atoms with van der Waals surface area (Å²) >= 11 is 5.96. The minimum atomic E-state index is -0.225. The minimum absolute atomic E-state index is 0.0516. The van der Waals surface area contributed by atoms with Crippen molar-refractivity contribution < 1.29 is 4.79 Å². The second-order valence-corrected chi connectivity index (χ2v) is 6.40. The predicted octanol–water partition coefficient (Wildman–Crippen LogP) is 2.99. The van der Waals surface area contributed by atoms with E-state index < -0.39 is 0 Å². The first-order chi connectivity index (χ1) is 8.73. The van der Waals surface area contributed by atoms with E-state index in [1.807, 2.05) is 6.92 Å². The smallest absolute Gasteiger partial charge is 0.228 e. The van der Waals surface area contributed by atoms with Crippen LogP contribution in [0.4, 0.5) is 5.69 Å². The molecule has 0 fully saturated rings. The Hall–Kier alpha value is -1.13. The molecule has 1 unspecified atom stereocenters. The van der Waals surface area contributed by atoms with E-state index in [0.29, 0.717) is 17.4 Å². The van der Waals surface area contributed by atoms with Crippen molar-refractivity contribution in [3.63, 3.8) is 0 Å². The normalized spacial score (nSPS) is 13.2. The summed E-state index contributed by atoms with van der Waals surface area (Å²) in [5, 5.41) is 3.11. The van der Waals surface area contributed by atoms with Gasteiger partial charge in [-0.05, 0) is 30.4 Å². The lowest BCUT2D eigenvalue weighted by Crippen LogP contribution is -2.32. The van der Waals surface area contributed by atoms with Crippen molar-refractivity contribution in [3.8, 4) is 0 Å². The standard InChI is InChI=1S/C14H22ClN3O/c1-9-5-11(12(15)17-8-9)18-13(19)10(7-16)6-14(2,3)4/h5,8,10H,6-7,16H2,1-4H3,(H,18,19). The summed E-state index contributed by atoms with van der Waals surface area (Å²) in [6.45, 7) is 8.48. The van der Waals surface area contributed by atoms with E-state index in [4.69, 9.17) is 17.3 Å². The minimum Gasteiger partial charge on any atom is -0.330 e. The summed E-state index contributed by atoms with van der Waals surface area (Å²) in [5.41, 5.74) is 7.23. The number of anilines is 1. The van der Waals surface area contributed by atoms with Gasteiger partial charge < -0.3 is 11.1 Å². The number of nitrogens with one attached hydrogen (secondary N) is 1. The molecule has 5 heteroatoms. The van der Waals surface area contributed by atoms with E-state index in [0.717, 1.165) is 12.0 Å². The largest absolute Gasteiger partial charge is 0.330 e.